The number of aromatic nitrogens is 2. The lowest BCUT2D eigenvalue weighted by molar-refractivity contribution is 0.173. The Kier molecular flexibility index (Phi) is 8.71. The van der Waals surface area contributed by atoms with Crippen molar-refractivity contribution in [1.82, 2.24) is 14.5 Å². The first-order chi connectivity index (χ1) is 21.4. The van der Waals surface area contributed by atoms with E-state index in [2.05, 4.69) is 108 Å². The van der Waals surface area contributed by atoms with Gasteiger partial charge >= 0.3 is 0 Å². The lowest BCUT2D eigenvalue weighted by Gasteiger charge is -2.31. The minimum Gasteiger partial charge on any atom is -0.507 e. The van der Waals surface area contributed by atoms with E-state index in [4.69, 9.17) is 14.5 Å². The van der Waals surface area contributed by atoms with Crippen molar-refractivity contribution in [3.8, 4) is 39.9 Å². The average molecular weight is 588 g/mol. The zero-order valence-corrected chi connectivity index (χ0v) is 26.1. The van der Waals surface area contributed by atoms with Gasteiger partial charge in [-0.3, -0.25) is 4.90 Å². The van der Waals surface area contributed by atoms with Crippen molar-refractivity contribution in [1.29, 1.82) is 0 Å². The number of aryl methyl sites for hydroxylation is 2. The van der Waals surface area contributed by atoms with Gasteiger partial charge < -0.3 is 19.1 Å². The molecule has 0 amide bonds. The Morgan fingerprint density at radius 1 is 0.818 bits per heavy atom. The smallest absolute Gasteiger partial charge is 0.231 e. The number of phenols is 1. The molecule has 0 radical (unpaired) electrons. The van der Waals surface area contributed by atoms with Crippen molar-refractivity contribution in [3.63, 3.8) is 0 Å². The Morgan fingerprint density at radius 2 is 1.45 bits per heavy atom. The quantitative estimate of drug-likeness (QED) is 0.167. The number of imidazole rings is 1. The molecule has 1 aliphatic rings. The van der Waals surface area contributed by atoms with E-state index in [0.29, 0.717) is 18.8 Å². The molecule has 1 aliphatic heterocycles. The van der Waals surface area contributed by atoms with Crippen LogP contribution in [0, 0.1) is 13.8 Å². The van der Waals surface area contributed by atoms with Crippen molar-refractivity contribution in [2.75, 3.05) is 6.79 Å². The number of hydrogen-bond donors (Lipinski definition) is 1. The molecule has 226 valence electrons. The molecule has 1 aromatic heterocycles. The van der Waals surface area contributed by atoms with Gasteiger partial charge in [-0.15, -0.1) is 0 Å². The van der Waals surface area contributed by atoms with E-state index in [1.807, 2.05) is 19.9 Å². The minimum atomic E-state index is 0.00635. The Bertz CT molecular complexity index is 1710. The summed E-state index contributed by atoms with van der Waals surface area (Å²) in [7, 11) is 0. The Balaban J connectivity index is 1.49. The summed E-state index contributed by atoms with van der Waals surface area (Å²) < 4.78 is 13.8. The van der Waals surface area contributed by atoms with Crippen LogP contribution >= 0.6 is 0 Å². The zero-order chi connectivity index (χ0) is 30.6. The van der Waals surface area contributed by atoms with Crippen LogP contribution in [0.3, 0.4) is 0 Å². The van der Waals surface area contributed by atoms with Gasteiger partial charge in [0.1, 0.15) is 11.6 Å². The first-order valence-corrected chi connectivity index (χ1v) is 15.6. The van der Waals surface area contributed by atoms with Crippen molar-refractivity contribution in [2.24, 2.45) is 0 Å². The molecule has 0 bridgehead atoms. The monoisotopic (exact) mass is 587 g/mol. The maximum atomic E-state index is 10.5. The van der Waals surface area contributed by atoms with Crippen LogP contribution in [0.15, 0.2) is 91.0 Å². The van der Waals surface area contributed by atoms with Gasteiger partial charge in [0.15, 0.2) is 11.5 Å². The van der Waals surface area contributed by atoms with E-state index in [-0.39, 0.29) is 12.8 Å². The molecule has 6 heteroatoms. The Hall–Kier alpha value is -4.55. The van der Waals surface area contributed by atoms with Crippen LogP contribution in [0.5, 0.6) is 17.2 Å². The first-order valence-electron chi connectivity index (χ1n) is 15.6. The molecular weight excluding hydrogens is 546 g/mol. The lowest BCUT2D eigenvalue weighted by Crippen LogP contribution is -2.28. The van der Waals surface area contributed by atoms with E-state index in [9.17, 15) is 5.11 Å². The number of aromatic hydroxyl groups is 1. The van der Waals surface area contributed by atoms with Crippen LogP contribution < -0.4 is 9.47 Å². The summed E-state index contributed by atoms with van der Waals surface area (Å²) in [4.78, 5) is 7.88. The number of fused-ring (bicyclic) bond motifs is 1. The topological polar surface area (TPSA) is 59.8 Å². The Labute approximate surface area is 260 Å². The Morgan fingerprint density at radius 3 is 2.14 bits per heavy atom. The van der Waals surface area contributed by atoms with E-state index in [0.717, 1.165) is 75.8 Å². The molecule has 6 nitrogen and oxygen atoms in total. The number of unbranched alkanes of at least 4 members (excludes halogenated alkanes) is 1. The third-order valence-electron chi connectivity index (χ3n) is 8.52. The highest BCUT2D eigenvalue weighted by Gasteiger charge is 2.28. The molecule has 6 rings (SSSR count). The molecule has 5 aromatic rings. The average Bonchev–Trinajstić information content (AvgIpc) is 3.67. The molecule has 0 spiro atoms. The molecular formula is C38H41N3O3. The molecule has 44 heavy (non-hydrogen) atoms. The normalized spacial score (nSPS) is 13.0. The molecule has 0 saturated heterocycles. The molecule has 0 fully saturated rings. The van der Waals surface area contributed by atoms with Crippen LogP contribution in [-0.2, 0) is 19.6 Å². The van der Waals surface area contributed by atoms with Gasteiger partial charge in [-0.2, -0.15) is 0 Å². The molecule has 1 atom stereocenters. The van der Waals surface area contributed by atoms with Gasteiger partial charge in [0.25, 0.3) is 0 Å². The maximum Gasteiger partial charge on any atom is 0.231 e. The largest absolute Gasteiger partial charge is 0.507 e. The number of benzene rings is 4. The second-order valence-electron chi connectivity index (χ2n) is 11.8. The first kappa shape index (κ1) is 29.5. The van der Waals surface area contributed by atoms with Crippen LogP contribution in [0.25, 0.3) is 22.6 Å². The van der Waals surface area contributed by atoms with Crippen LogP contribution in [0.2, 0.25) is 0 Å². The summed E-state index contributed by atoms with van der Waals surface area (Å²) in [6.07, 6.45) is 2.15. The van der Waals surface area contributed by atoms with Gasteiger partial charge in [0, 0.05) is 30.8 Å². The fourth-order valence-corrected chi connectivity index (χ4v) is 6.20. The van der Waals surface area contributed by atoms with E-state index >= 15 is 0 Å². The summed E-state index contributed by atoms with van der Waals surface area (Å²) in [5.74, 6) is 2.94. The summed E-state index contributed by atoms with van der Waals surface area (Å²) in [6, 6.07) is 31.5. The fraction of sp³-hybridized carbons (Fsp3) is 0.289. The summed E-state index contributed by atoms with van der Waals surface area (Å²) in [5.41, 5.74) is 8.54. The fourth-order valence-electron chi connectivity index (χ4n) is 6.20. The van der Waals surface area contributed by atoms with Crippen LogP contribution in [0.1, 0.15) is 60.7 Å². The highest BCUT2D eigenvalue weighted by atomic mass is 16.7. The predicted octanol–water partition coefficient (Wildman–Crippen LogP) is 8.83. The third kappa shape index (κ3) is 6.08. The highest BCUT2D eigenvalue weighted by molar-refractivity contribution is 5.69. The number of nitrogens with zero attached hydrogens (tertiary/aromatic N) is 3. The van der Waals surface area contributed by atoms with Gasteiger partial charge in [0.05, 0.1) is 17.4 Å². The second-order valence-corrected chi connectivity index (χ2v) is 11.8. The van der Waals surface area contributed by atoms with Crippen molar-refractivity contribution in [3.05, 3.63) is 119 Å². The van der Waals surface area contributed by atoms with E-state index in [1.54, 1.807) is 0 Å². The minimum absolute atomic E-state index is 0.00635. The standard InChI is InChI=1S/C38H41N3O3/c1-5-6-19-41-36(35(31-13-9-7-10-14-31)39-38(41)32-15-11-8-12-16-32)28(4)40(24-30-20-26(2)37(42)27(3)21-30)23-29-17-18-33-34(22-29)44-25-43-33/h7-18,20-22,28,42H,5-6,19,23-25H2,1-4H3. The van der Waals surface area contributed by atoms with Gasteiger partial charge in [-0.1, -0.05) is 92.2 Å². The summed E-state index contributed by atoms with van der Waals surface area (Å²) in [5, 5.41) is 10.5. The van der Waals surface area contributed by atoms with E-state index < -0.39 is 0 Å². The van der Waals surface area contributed by atoms with Gasteiger partial charge in [0.2, 0.25) is 6.79 Å². The number of ether oxygens (including phenoxy) is 2. The number of hydrogen-bond acceptors (Lipinski definition) is 5. The van der Waals surface area contributed by atoms with Crippen molar-refractivity contribution >= 4 is 0 Å². The number of phenolic OH excluding ortho intramolecular Hbond substituents is 1. The van der Waals surface area contributed by atoms with Crippen molar-refractivity contribution < 1.29 is 14.6 Å². The second kappa shape index (κ2) is 13.0. The molecule has 1 N–H and O–H groups in total. The van der Waals surface area contributed by atoms with Crippen LogP contribution in [0.4, 0.5) is 0 Å². The zero-order valence-electron chi connectivity index (χ0n) is 26.1. The van der Waals surface area contributed by atoms with E-state index in [1.165, 1.54) is 5.69 Å². The third-order valence-corrected chi connectivity index (χ3v) is 8.52. The molecule has 4 aromatic carbocycles. The van der Waals surface area contributed by atoms with Crippen molar-refractivity contribution in [2.45, 2.75) is 66.2 Å². The maximum absolute atomic E-state index is 10.5. The predicted molar refractivity (Wildman–Crippen MR) is 176 cm³/mol. The summed E-state index contributed by atoms with van der Waals surface area (Å²) in [6.45, 7) is 11.0. The number of rotatable bonds is 11. The van der Waals surface area contributed by atoms with Gasteiger partial charge in [-0.25, -0.2) is 4.98 Å². The molecule has 2 heterocycles. The molecule has 0 saturated carbocycles. The lowest BCUT2D eigenvalue weighted by atomic mass is 10.0. The molecule has 0 aliphatic carbocycles. The highest BCUT2D eigenvalue weighted by Crippen LogP contribution is 2.39. The summed E-state index contributed by atoms with van der Waals surface area (Å²) >= 11 is 0. The van der Waals surface area contributed by atoms with Gasteiger partial charge in [-0.05, 0) is 61.6 Å². The molecule has 1 unspecified atom stereocenters. The van der Waals surface area contributed by atoms with Crippen LogP contribution in [-0.4, -0.2) is 26.4 Å². The SMILES string of the molecule is CCCCn1c(-c2ccccc2)nc(-c2ccccc2)c1C(C)N(Cc1cc(C)c(O)c(C)c1)Cc1ccc2c(c1)OCO2.